The van der Waals surface area contributed by atoms with Gasteiger partial charge in [-0.2, -0.15) is 13.2 Å². The summed E-state index contributed by atoms with van der Waals surface area (Å²) in [6.07, 6.45) is -3.31. The lowest BCUT2D eigenvalue weighted by Crippen LogP contribution is -2.36. The van der Waals surface area contributed by atoms with Crippen molar-refractivity contribution in [3.05, 3.63) is 75.4 Å². The second-order valence-electron chi connectivity index (χ2n) is 8.06. The number of aliphatic hydroxyl groups excluding tert-OH is 1. The summed E-state index contributed by atoms with van der Waals surface area (Å²) in [5.74, 6) is 0.664. The van der Waals surface area contributed by atoms with Crippen molar-refractivity contribution < 1.29 is 24.4 Å². The molecule has 34 heavy (non-hydrogen) atoms. The number of hydrogen-bond donors (Lipinski definition) is 2. The number of nitrogens with zero attached hydrogens (tertiary/aromatic N) is 2. The number of benzene rings is 2. The molecular weight excluding hydrogens is 487 g/mol. The van der Waals surface area contributed by atoms with Gasteiger partial charge in [0.15, 0.2) is 10.8 Å². The molecule has 1 atom stereocenters. The second kappa shape index (κ2) is 9.13. The Labute approximate surface area is 204 Å². The van der Waals surface area contributed by atoms with Crippen molar-refractivity contribution in [3.63, 3.8) is 0 Å². The molecule has 5 nitrogen and oxygen atoms in total. The van der Waals surface area contributed by atoms with E-state index < -0.39 is 11.9 Å². The minimum absolute atomic E-state index is 0. The summed E-state index contributed by atoms with van der Waals surface area (Å²) >= 11 is 7.24. The number of fused-ring (bicyclic) bond motifs is 3. The van der Waals surface area contributed by atoms with Crippen molar-refractivity contribution in [1.82, 2.24) is 9.97 Å². The molecule has 10 heteroatoms. The number of rotatable bonds is 6. The second-order valence-corrected chi connectivity index (χ2v) is 9.33. The predicted molar refractivity (Wildman–Crippen MR) is 129 cm³/mol. The summed E-state index contributed by atoms with van der Waals surface area (Å²) in [5, 5.41) is 12.0. The first-order chi connectivity index (χ1) is 16.3. The third-order valence-electron chi connectivity index (χ3n) is 5.88. The van der Waals surface area contributed by atoms with Crippen LogP contribution in [0.3, 0.4) is 0 Å². The molecule has 180 valence electrons. The summed E-state index contributed by atoms with van der Waals surface area (Å²) in [6.45, 7) is 0.963. The molecule has 2 aromatic carbocycles. The van der Waals surface area contributed by atoms with Crippen molar-refractivity contribution >= 4 is 39.0 Å². The fourth-order valence-corrected chi connectivity index (χ4v) is 5.40. The lowest BCUT2D eigenvalue weighted by Gasteiger charge is -2.36. The quantitative estimate of drug-likeness (QED) is 0.293. The number of aromatic amines is 1. The van der Waals surface area contributed by atoms with Gasteiger partial charge in [-0.15, -0.1) is 11.3 Å². The lowest BCUT2D eigenvalue weighted by molar-refractivity contribution is -0.140. The number of anilines is 1. The number of H-pyrrole nitrogens is 1. The molecule has 3 heterocycles. The zero-order chi connectivity index (χ0) is 23.9. The Morgan fingerprint density at radius 3 is 2.74 bits per heavy atom. The van der Waals surface area contributed by atoms with E-state index in [1.54, 1.807) is 0 Å². The molecule has 0 aliphatic carbocycles. The number of aliphatic hydroxyl groups is 1. The van der Waals surface area contributed by atoms with Crippen LogP contribution in [0.4, 0.5) is 18.3 Å². The number of alkyl halides is 3. The van der Waals surface area contributed by atoms with Crippen molar-refractivity contribution in [2.24, 2.45) is 0 Å². The van der Waals surface area contributed by atoms with E-state index in [0.29, 0.717) is 41.9 Å². The van der Waals surface area contributed by atoms with E-state index in [2.05, 4.69) is 9.97 Å². The normalized spacial score (nSPS) is 16.1. The van der Waals surface area contributed by atoms with Gasteiger partial charge in [0, 0.05) is 48.0 Å². The molecule has 2 N–H and O–H groups in total. The van der Waals surface area contributed by atoms with Crippen LogP contribution in [-0.4, -0.2) is 34.8 Å². The molecular formula is C24H23ClF3N3O2S. The molecule has 0 fully saturated rings. The average molecular weight is 510 g/mol. The third kappa shape index (κ3) is 4.35. The van der Waals surface area contributed by atoms with Crippen LogP contribution in [0.5, 0.6) is 5.75 Å². The molecule has 5 rings (SSSR count). The SMILES string of the molecule is OCCCOc1ccc([C@H]2c3[nH]c4ccc(Cl)cc4c3CCN2c2nc(C(F)(F)F)cs2)cc1.[HH]. The van der Waals surface area contributed by atoms with Gasteiger partial charge in [-0.25, -0.2) is 4.98 Å². The standard InChI is InChI=1S/C24H21ClF3N3O2S.H2/c25-15-4-7-19-18(12-15)17-8-9-31(23-30-20(13-34-23)24(26,27)28)22(21(17)29-19)14-2-5-16(6-3-14)33-11-1-10-32;/h2-7,12-13,22,29,32H,1,8-11H2;1H/t22-;/m0./s1. The summed E-state index contributed by atoms with van der Waals surface area (Å²) in [7, 11) is 0. The number of nitrogens with one attached hydrogen (secondary N) is 1. The van der Waals surface area contributed by atoms with E-state index >= 15 is 0 Å². The van der Waals surface area contributed by atoms with Crippen LogP contribution in [0.25, 0.3) is 10.9 Å². The highest BCUT2D eigenvalue weighted by Crippen LogP contribution is 2.43. The van der Waals surface area contributed by atoms with Gasteiger partial charge in [0.1, 0.15) is 5.75 Å². The fourth-order valence-electron chi connectivity index (χ4n) is 4.34. The molecule has 0 saturated heterocycles. The van der Waals surface area contributed by atoms with E-state index in [-0.39, 0.29) is 14.1 Å². The summed E-state index contributed by atoms with van der Waals surface area (Å²) in [5.41, 5.74) is 2.97. The van der Waals surface area contributed by atoms with E-state index in [9.17, 15) is 13.2 Å². The van der Waals surface area contributed by atoms with Crippen LogP contribution in [0.15, 0.2) is 47.8 Å². The van der Waals surface area contributed by atoms with Crippen LogP contribution < -0.4 is 9.64 Å². The molecule has 0 amide bonds. The van der Waals surface area contributed by atoms with Crippen LogP contribution in [-0.2, 0) is 12.6 Å². The highest BCUT2D eigenvalue weighted by atomic mass is 35.5. The Balaban J connectivity index is 0.00000289. The van der Waals surface area contributed by atoms with Crippen LogP contribution in [0.1, 0.15) is 36.4 Å². The van der Waals surface area contributed by atoms with Crippen LogP contribution >= 0.6 is 22.9 Å². The highest BCUT2D eigenvalue weighted by molar-refractivity contribution is 7.13. The minimum Gasteiger partial charge on any atom is -0.494 e. The first-order valence-corrected chi connectivity index (χ1v) is 12.0. The van der Waals surface area contributed by atoms with Crippen LogP contribution in [0, 0.1) is 0 Å². The molecule has 0 saturated carbocycles. The number of halogens is 4. The van der Waals surface area contributed by atoms with Gasteiger partial charge < -0.3 is 19.7 Å². The third-order valence-corrected chi connectivity index (χ3v) is 7.00. The van der Waals surface area contributed by atoms with E-state index in [1.807, 2.05) is 47.4 Å². The maximum absolute atomic E-state index is 13.3. The monoisotopic (exact) mass is 509 g/mol. The Morgan fingerprint density at radius 2 is 2.03 bits per heavy atom. The Morgan fingerprint density at radius 1 is 1.24 bits per heavy atom. The van der Waals surface area contributed by atoms with Gasteiger partial charge >= 0.3 is 6.18 Å². The van der Waals surface area contributed by atoms with E-state index in [1.165, 1.54) is 0 Å². The average Bonchev–Trinajstić information content (AvgIpc) is 3.44. The molecule has 1 aliphatic rings. The molecule has 2 aromatic heterocycles. The maximum atomic E-state index is 13.3. The molecule has 0 radical (unpaired) electrons. The Kier molecular flexibility index (Phi) is 6.18. The zero-order valence-corrected chi connectivity index (χ0v) is 19.5. The maximum Gasteiger partial charge on any atom is 0.434 e. The molecule has 0 bridgehead atoms. The number of thiazole rings is 1. The predicted octanol–water partition coefficient (Wildman–Crippen LogP) is 6.46. The molecule has 4 aromatic rings. The van der Waals surface area contributed by atoms with Crippen molar-refractivity contribution in [1.29, 1.82) is 0 Å². The van der Waals surface area contributed by atoms with Crippen molar-refractivity contribution in [2.45, 2.75) is 25.1 Å². The molecule has 0 unspecified atom stereocenters. The minimum atomic E-state index is -4.49. The highest BCUT2D eigenvalue weighted by Gasteiger charge is 2.37. The first-order valence-electron chi connectivity index (χ1n) is 10.8. The Hall–Kier alpha value is -2.75. The summed E-state index contributed by atoms with van der Waals surface area (Å²) in [6, 6.07) is 12.8. The van der Waals surface area contributed by atoms with Gasteiger partial charge in [-0.1, -0.05) is 23.7 Å². The van der Waals surface area contributed by atoms with Gasteiger partial charge in [0.25, 0.3) is 0 Å². The Bertz CT molecular complexity index is 1310. The topological polar surface area (TPSA) is 61.4 Å². The van der Waals surface area contributed by atoms with Gasteiger partial charge in [0.05, 0.1) is 12.6 Å². The van der Waals surface area contributed by atoms with E-state index in [4.69, 9.17) is 21.4 Å². The van der Waals surface area contributed by atoms with Gasteiger partial charge in [0.2, 0.25) is 0 Å². The van der Waals surface area contributed by atoms with Crippen LogP contribution in [0.2, 0.25) is 5.02 Å². The smallest absolute Gasteiger partial charge is 0.434 e. The molecule has 1 aliphatic heterocycles. The van der Waals surface area contributed by atoms with Gasteiger partial charge in [-0.3, -0.25) is 0 Å². The lowest BCUT2D eigenvalue weighted by atomic mass is 9.92. The zero-order valence-electron chi connectivity index (χ0n) is 17.9. The van der Waals surface area contributed by atoms with Gasteiger partial charge in [-0.05, 0) is 47.9 Å². The largest absolute Gasteiger partial charge is 0.494 e. The number of ether oxygens (including phenoxy) is 1. The number of hydrogen-bond acceptors (Lipinski definition) is 5. The summed E-state index contributed by atoms with van der Waals surface area (Å²) < 4.78 is 45.4. The van der Waals surface area contributed by atoms with Crippen molar-refractivity contribution in [3.8, 4) is 5.75 Å². The van der Waals surface area contributed by atoms with Crippen molar-refractivity contribution in [2.75, 3.05) is 24.7 Å². The fraction of sp³-hybridized carbons (Fsp3) is 0.292. The number of aromatic nitrogens is 2. The van der Waals surface area contributed by atoms with E-state index in [0.717, 1.165) is 44.4 Å². The summed E-state index contributed by atoms with van der Waals surface area (Å²) in [4.78, 5) is 9.32. The molecule has 0 spiro atoms. The first kappa shape index (κ1) is 23.0.